The van der Waals surface area contributed by atoms with E-state index in [1.165, 1.54) is 0 Å². The average molecular weight is 155 g/mol. The van der Waals surface area contributed by atoms with E-state index >= 15 is 0 Å². The van der Waals surface area contributed by atoms with E-state index in [4.69, 9.17) is 20.9 Å². The van der Waals surface area contributed by atoms with Gasteiger partial charge in [-0.05, 0) is 18.9 Å². The predicted octanol–water partition coefficient (Wildman–Crippen LogP) is 0.332. The largest absolute Gasteiger partial charge is 0.335 e. The van der Waals surface area contributed by atoms with Crippen LogP contribution in [0.25, 0.3) is 0 Å². The number of nitrogens with one attached hydrogen (secondary N) is 1. The lowest BCUT2D eigenvalue weighted by atomic mass is 11.2. The van der Waals surface area contributed by atoms with Crippen LogP contribution in [0.15, 0.2) is 0 Å². The summed E-state index contributed by atoms with van der Waals surface area (Å²) in [5.74, 6) is 0. The summed E-state index contributed by atoms with van der Waals surface area (Å²) >= 11 is 4.72. The van der Waals surface area contributed by atoms with Gasteiger partial charge in [0, 0.05) is 7.11 Å². The highest BCUT2D eigenvalue weighted by atomic mass is 32.4. The molecular weight excluding hydrogens is 145 g/mol. The maximum Gasteiger partial charge on any atom is 0.177 e. The number of hydrogen-bond donors (Lipinski definition) is 1. The Hall–Kier alpha value is 0.530. The Morgan fingerprint density at radius 3 is 2.75 bits per heavy atom. The molecule has 0 rings (SSSR count). The molecule has 8 heavy (non-hydrogen) atoms. The zero-order valence-corrected chi connectivity index (χ0v) is 6.75. The highest BCUT2D eigenvalue weighted by Crippen LogP contribution is 2.20. The molecule has 1 unspecified atom stereocenters. The van der Waals surface area contributed by atoms with Crippen LogP contribution in [0.3, 0.4) is 0 Å². The minimum atomic E-state index is -1.37. The minimum absolute atomic E-state index is 0.478. The lowest BCUT2D eigenvalue weighted by molar-refractivity contribution is 0.283. The quantitative estimate of drug-likeness (QED) is 0.468. The molecule has 0 aliphatic heterocycles. The highest BCUT2D eigenvalue weighted by molar-refractivity contribution is 8.00. The maximum absolute atomic E-state index is 4.92. The van der Waals surface area contributed by atoms with Crippen molar-refractivity contribution in [3.05, 3.63) is 0 Å². The Morgan fingerprint density at radius 1 is 1.75 bits per heavy atom. The van der Waals surface area contributed by atoms with Crippen LogP contribution in [0, 0.1) is 0 Å². The molecule has 0 heterocycles. The van der Waals surface area contributed by atoms with Gasteiger partial charge in [-0.3, -0.25) is 5.32 Å². The Balaban J connectivity index is 2.99. The van der Waals surface area contributed by atoms with Crippen molar-refractivity contribution >= 4 is 19.0 Å². The Kier molecular flexibility index (Phi) is 6.04. The van der Waals surface area contributed by atoms with Gasteiger partial charge < -0.3 is 9.05 Å². The fraction of sp³-hybridized carbons (Fsp3) is 1.00. The average Bonchev–Trinajstić information content (AvgIpc) is 1.83. The van der Waals surface area contributed by atoms with Gasteiger partial charge in [0.2, 0.25) is 0 Å². The third kappa shape index (κ3) is 4.68. The van der Waals surface area contributed by atoms with Crippen molar-refractivity contribution in [2.45, 2.75) is 0 Å². The van der Waals surface area contributed by atoms with Crippen LogP contribution >= 0.6 is 7.15 Å². The molecule has 0 spiro atoms. The van der Waals surface area contributed by atoms with E-state index in [1.54, 1.807) is 14.2 Å². The molecule has 3 nitrogen and oxygen atoms in total. The van der Waals surface area contributed by atoms with Crippen LogP contribution < -0.4 is 5.32 Å². The third-order valence-electron chi connectivity index (χ3n) is 0.501. The van der Waals surface area contributed by atoms with Crippen LogP contribution in [0.5, 0.6) is 0 Å². The van der Waals surface area contributed by atoms with E-state index in [2.05, 4.69) is 5.32 Å². The standard InChI is InChI=1S/C3H10NO2PS/c1-4-3-6-7(8)5-2/h4,7H,3H2,1-2H3. The molecule has 0 saturated carbocycles. The van der Waals surface area contributed by atoms with Gasteiger partial charge in [-0.15, -0.1) is 0 Å². The molecule has 1 atom stereocenters. The van der Waals surface area contributed by atoms with E-state index in [0.717, 1.165) is 0 Å². The van der Waals surface area contributed by atoms with E-state index in [-0.39, 0.29) is 0 Å². The first-order valence-electron chi connectivity index (χ1n) is 2.16. The highest BCUT2D eigenvalue weighted by Gasteiger charge is 1.85. The Labute approximate surface area is 55.0 Å². The molecule has 50 valence electrons. The summed E-state index contributed by atoms with van der Waals surface area (Å²) in [6.07, 6.45) is 0. The summed E-state index contributed by atoms with van der Waals surface area (Å²) in [7, 11) is 1.97. The predicted molar refractivity (Wildman–Crippen MR) is 37.7 cm³/mol. The molecule has 1 N–H and O–H groups in total. The molecule has 0 amide bonds. The van der Waals surface area contributed by atoms with Crippen molar-refractivity contribution in [1.29, 1.82) is 0 Å². The molecule has 0 fully saturated rings. The first kappa shape index (κ1) is 8.53. The topological polar surface area (TPSA) is 30.5 Å². The molecule has 0 aliphatic carbocycles. The van der Waals surface area contributed by atoms with Crippen LogP contribution in [0.2, 0.25) is 0 Å². The van der Waals surface area contributed by atoms with Crippen molar-refractivity contribution in [2.75, 3.05) is 20.9 Å². The van der Waals surface area contributed by atoms with Gasteiger partial charge in [-0.1, -0.05) is 0 Å². The molecular formula is C3H10NO2PS. The minimum Gasteiger partial charge on any atom is -0.335 e. The third-order valence-corrected chi connectivity index (χ3v) is 2.07. The van der Waals surface area contributed by atoms with Gasteiger partial charge in [-0.25, -0.2) is 0 Å². The summed E-state index contributed by atoms with van der Waals surface area (Å²) in [6, 6.07) is 0. The zero-order valence-electron chi connectivity index (χ0n) is 4.93. The molecule has 0 aromatic heterocycles. The fourth-order valence-electron chi connectivity index (χ4n) is 0.190. The van der Waals surface area contributed by atoms with Crippen molar-refractivity contribution in [2.24, 2.45) is 0 Å². The van der Waals surface area contributed by atoms with Gasteiger partial charge in [-0.2, -0.15) is 0 Å². The van der Waals surface area contributed by atoms with Crippen LogP contribution in [-0.4, -0.2) is 20.9 Å². The van der Waals surface area contributed by atoms with E-state index in [1.807, 2.05) is 0 Å². The second-order valence-corrected chi connectivity index (χ2v) is 3.29. The summed E-state index contributed by atoms with van der Waals surface area (Å²) in [6.45, 7) is 0.478. The van der Waals surface area contributed by atoms with E-state index < -0.39 is 7.15 Å². The summed E-state index contributed by atoms with van der Waals surface area (Å²) in [4.78, 5) is 0. The lowest BCUT2D eigenvalue weighted by Gasteiger charge is -2.01. The van der Waals surface area contributed by atoms with Crippen LogP contribution in [-0.2, 0) is 20.9 Å². The number of rotatable bonds is 4. The van der Waals surface area contributed by atoms with Crippen molar-refractivity contribution in [3.8, 4) is 0 Å². The second-order valence-electron chi connectivity index (χ2n) is 1.10. The Bertz CT molecular complexity index is 79.7. The van der Waals surface area contributed by atoms with Gasteiger partial charge in [0.15, 0.2) is 7.15 Å². The normalized spacial score (nSPS) is 13.8. The van der Waals surface area contributed by atoms with Crippen LogP contribution in [0.1, 0.15) is 0 Å². The van der Waals surface area contributed by atoms with Crippen molar-refractivity contribution in [3.63, 3.8) is 0 Å². The summed E-state index contributed by atoms with van der Waals surface area (Å²) < 4.78 is 9.63. The van der Waals surface area contributed by atoms with Gasteiger partial charge in [0.05, 0.1) is 0 Å². The maximum atomic E-state index is 4.92. The molecule has 0 aromatic carbocycles. The fourth-order valence-corrected chi connectivity index (χ4v) is 0.747. The van der Waals surface area contributed by atoms with E-state index in [0.29, 0.717) is 6.73 Å². The van der Waals surface area contributed by atoms with Crippen LogP contribution in [0.4, 0.5) is 0 Å². The molecule has 0 aromatic rings. The van der Waals surface area contributed by atoms with Gasteiger partial charge in [0.25, 0.3) is 0 Å². The first-order valence-corrected chi connectivity index (χ1v) is 4.61. The Morgan fingerprint density at radius 2 is 2.38 bits per heavy atom. The van der Waals surface area contributed by atoms with Gasteiger partial charge >= 0.3 is 0 Å². The summed E-state index contributed by atoms with van der Waals surface area (Å²) in [5, 5.41) is 2.79. The number of hydrogen-bond acceptors (Lipinski definition) is 4. The molecule has 0 bridgehead atoms. The first-order chi connectivity index (χ1) is 3.81. The molecule has 0 saturated heterocycles. The SMILES string of the molecule is CNCO[PH](=S)OC. The van der Waals surface area contributed by atoms with Gasteiger partial charge in [0.1, 0.15) is 6.73 Å². The van der Waals surface area contributed by atoms with E-state index in [9.17, 15) is 0 Å². The molecule has 0 aliphatic rings. The smallest absolute Gasteiger partial charge is 0.177 e. The second kappa shape index (κ2) is 5.66. The van der Waals surface area contributed by atoms with Crippen molar-refractivity contribution in [1.82, 2.24) is 5.32 Å². The van der Waals surface area contributed by atoms with Crippen molar-refractivity contribution < 1.29 is 9.05 Å². The monoisotopic (exact) mass is 155 g/mol. The summed E-state index contributed by atoms with van der Waals surface area (Å²) in [5.41, 5.74) is 0. The molecule has 0 radical (unpaired) electrons. The zero-order chi connectivity index (χ0) is 6.41. The molecule has 5 heteroatoms. The lowest BCUT2D eigenvalue weighted by Crippen LogP contribution is -2.07.